The van der Waals surface area contributed by atoms with Crippen molar-refractivity contribution in [1.82, 2.24) is 14.9 Å². The molecule has 2 aromatic heterocycles. The SMILES string of the molecule is O=C(c1ccc2c(Cl)c3c(nc2c1)CCCC3)N1CCN(c2ccccn2)CC1. The third kappa shape index (κ3) is 3.44. The summed E-state index contributed by atoms with van der Waals surface area (Å²) in [6.45, 7) is 2.94. The molecule has 1 aliphatic carbocycles. The second-order valence-corrected chi connectivity index (χ2v) is 8.14. The molecule has 1 aliphatic heterocycles. The third-order valence-electron chi connectivity index (χ3n) is 5.98. The Balaban J connectivity index is 1.36. The number of amides is 1. The molecule has 0 spiro atoms. The van der Waals surface area contributed by atoms with E-state index in [2.05, 4.69) is 9.88 Å². The van der Waals surface area contributed by atoms with Crippen LogP contribution in [0.3, 0.4) is 0 Å². The number of aromatic nitrogens is 2. The molecule has 3 aromatic rings. The normalized spacial score (nSPS) is 16.7. The standard InChI is InChI=1S/C23H23ClN4O/c24-22-17-5-1-2-6-19(17)26-20-15-16(8-9-18(20)22)23(29)28-13-11-27(12-14-28)21-7-3-4-10-25-21/h3-4,7-10,15H,1-2,5-6,11-14H2. The van der Waals surface area contributed by atoms with E-state index in [4.69, 9.17) is 16.6 Å². The monoisotopic (exact) mass is 406 g/mol. The van der Waals surface area contributed by atoms with Crippen molar-refractivity contribution < 1.29 is 4.79 Å². The first-order valence-corrected chi connectivity index (χ1v) is 10.6. The maximum absolute atomic E-state index is 13.1. The van der Waals surface area contributed by atoms with Gasteiger partial charge in [-0.25, -0.2) is 4.98 Å². The highest BCUT2D eigenvalue weighted by atomic mass is 35.5. The largest absolute Gasteiger partial charge is 0.353 e. The number of halogens is 1. The molecule has 2 aliphatic rings. The molecule has 0 bridgehead atoms. The van der Waals surface area contributed by atoms with Crippen LogP contribution >= 0.6 is 11.6 Å². The average molecular weight is 407 g/mol. The van der Waals surface area contributed by atoms with Crippen LogP contribution in [0.15, 0.2) is 42.6 Å². The lowest BCUT2D eigenvalue weighted by molar-refractivity contribution is 0.0746. The van der Waals surface area contributed by atoms with Gasteiger partial charge in [0.1, 0.15) is 5.82 Å². The Morgan fingerprint density at radius 1 is 1.00 bits per heavy atom. The van der Waals surface area contributed by atoms with Crippen molar-refractivity contribution in [1.29, 1.82) is 0 Å². The fraction of sp³-hybridized carbons (Fsp3) is 0.348. The van der Waals surface area contributed by atoms with Crippen LogP contribution in [0.5, 0.6) is 0 Å². The lowest BCUT2D eigenvalue weighted by Gasteiger charge is -2.35. The summed E-state index contributed by atoms with van der Waals surface area (Å²) in [6, 6.07) is 11.7. The molecule has 1 saturated heterocycles. The molecule has 0 radical (unpaired) electrons. The van der Waals surface area contributed by atoms with Crippen molar-refractivity contribution in [2.75, 3.05) is 31.1 Å². The summed E-state index contributed by atoms with van der Waals surface area (Å²) in [4.78, 5) is 26.5. The molecule has 3 heterocycles. The fourth-order valence-electron chi connectivity index (χ4n) is 4.36. The summed E-state index contributed by atoms with van der Waals surface area (Å²) in [7, 11) is 0. The summed E-state index contributed by atoms with van der Waals surface area (Å²) in [6.07, 6.45) is 6.09. The number of carbonyl (C=O) groups is 1. The van der Waals surface area contributed by atoms with Crippen LogP contribution in [0, 0.1) is 0 Å². The van der Waals surface area contributed by atoms with Gasteiger partial charge >= 0.3 is 0 Å². The topological polar surface area (TPSA) is 49.3 Å². The first kappa shape index (κ1) is 18.4. The number of hydrogen-bond acceptors (Lipinski definition) is 4. The molecule has 5 rings (SSSR count). The molecule has 5 nitrogen and oxygen atoms in total. The fourth-order valence-corrected chi connectivity index (χ4v) is 4.73. The van der Waals surface area contributed by atoms with Crippen molar-refractivity contribution in [2.24, 2.45) is 0 Å². The molecule has 29 heavy (non-hydrogen) atoms. The number of pyridine rings is 2. The molecule has 0 unspecified atom stereocenters. The van der Waals surface area contributed by atoms with E-state index in [0.717, 1.165) is 59.8 Å². The highest BCUT2D eigenvalue weighted by Gasteiger charge is 2.24. The Labute approximate surface area is 175 Å². The molecule has 1 fully saturated rings. The van der Waals surface area contributed by atoms with Gasteiger partial charge in [0.05, 0.1) is 10.5 Å². The number of nitrogens with zero attached hydrogens (tertiary/aromatic N) is 4. The van der Waals surface area contributed by atoms with E-state index < -0.39 is 0 Å². The molecule has 0 atom stereocenters. The second kappa shape index (κ2) is 7.64. The molecule has 6 heteroatoms. The van der Waals surface area contributed by atoms with Gasteiger partial charge in [-0.1, -0.05) is 23.7 Å². The number of aryl methyl sites for hydroxylation is 1. The smallest absolute Gasteiger partial charge is 0.254 e. The molecule has 1 aromatic carbocycles. The quantitative estimate of drug-likeness (QED) is 0.642. The van der Waals surface area contributed by atoms with Gasteiger partial charge in [-0.3, -0.25) is 9.78 Å². The number of carbonyl (C=O) groups excluding carboxylic acids is 1. The zero-order chi connectivity index (χ0) is 19.8. The van der Waals surface area contributed by atoms with Crippen LogP contribution in [-0.4, -0.2) is 47.0 Å². The van der Waals surface area contributed by atoms with Gasteiger partial charge in [-0.2, -0.15) is 0 Å². The second-order valence-electron chi connectivity index (χ2n) is 7.76. The van der Waals surface area contributed by atoms with Gasteiger partial charge in [0.2, 0.25) is 0 Å². The Morgan fingerprint density at radius 2 is 1.83 bits per heavy atom. The van der Waals surface area contributed by atoms with E-state index in [-0.39, 0.29) is 5.91 Å². The van der Waals surface area contributed by atoms with E-state index in [9.17, 15) is 4.79 Å². The van der Waals surface area contributed by atoms with Crippen LogP contribution < -0.4 is 4.90 Å². The molecular weight excluding hydrogens is 384 g/mol. The highest BCUT2D eigenvalue weighted by Crippen LogP contribution is 2.33. The Bertz CT molecular complexity index is 1060. The van der Waals surface area contributed by atoms with E-state index in [1.54, 1.807) is 6.20 Å². The molecular formula is C23H23ClN4O. The minimum atomic E-state index is 0.0585. The van der Waals surface area contributed by atoms with Crippen molar-refractivity contribution in [3.05, 3.63) is 64.4 Å². The first-order valence-electron chi connectivity index (χ1n) is 10.3. The Kier molecular flexibility index (Phi) is 4.84. The van der Waals surface area contributed by atoms with Crippen LogP contribution in [0.1, 0.15) is 34.5 Å². The van der Waals surface area contributed by atoms with Crippen LogP contribution in [-0.2, 0) is 12.8 Å². The Hall–Kier alpha value is -2.66. The molecule has 148 valence electrons. The first-order chi connectivity index (χ1) is 14.2. The lowest BCUT2D eigenvalue weighted by Crippen LogP contribution is -2.49. The van der Waals surface area contributed by atoms with E-state index in [1.807, 2.05) is 41.3 Å². The van der Waals surface area contributed by atoms with Gasteiger partial charge in [0, 0.05) is 49.0 Å². The molecule has 0 N–H and O–H groups in total. The van der Waals surface area contributed by atoms with Crippen LogP contribution in [0.4, 0.5) is 5.82 Å². The Morgan fingerprint density at radius 3 is 2.62 bits per heavy atom. The average Bonchev–Trinajstić information content (AvgIpc) is 2.79. The van der Waals surface area contributed by atoms with Crippen molar-refractivity contribution in [3.8, 4) is 0 Å². The van der Waals surface area contributed by atoms with Gasteiger partial charge in [0.25, 0.3) is 5.91 Å². The number of anilines is 1. The minimum absolute atomic E-state index is 0.0585. The summed E-state index contributed by atoms with van der Waals surface area (Å²) in [5, 5.41) is 1.76. The zero-order valence-corrected chi connectivity index (χ0v) is 17.0. The van der Waals surface area contributed by atoms with Crippen LogP contribution in [0.2, 0.25) is 5.02 Å². The zero-order valence-electron chi connectivity index (χ0n) is 16.3. The van der Waals surface area contributed by atoms with Crippen molar-refractivity contribution >= 4 is 34.2 Å². The van der Waals surface area contributed by atoms with Gasteiger partial charge in [-0.05, 0) is 55.5 Å². The summed E-state index contributed by atoms with van der Waals surface area (Å²) in [5.41, 5.74) is 3.80. The summed E-state index contributed by atoms with van der Waals surface area (Å²) < 4.78 is 0. The number of fused-ring (bicyclic) bond motifs is 2. The summed E-state index contributed by atoms with van der Waals surface area (Å²) in [5.74, 6) is 1.03. The maximum Gasteiger partial charge on any atom is 0.254 e. The number of hydrogen-bond donors (Lipinski definition) is 0. The maximum atomic E-state index is 13.1. The van der Waals surface area contributed by atoms with Gasteiger partial charge in [0.15, 0.2) is 0 Å². The number of rotatable bonds is 2. The predicted molar refractivity (Wildman–Crippen MR) is 116 cm³/mol. The lowest BCUT2D eigenvalue weighted by atomic mass is 9.94. The van der Waals surface area contributed by atoms with Crippen molar-refractivity contribution in [2.45, 2.75) is 25.7 Å². The summed E-state index contributed by atoms with van der Waals surface area (Å²) >= 11 is 6.67. The van der Waals surface area contributed by atoms with Crippen LogP contribution in [0.25, 0.3) is 10.9 Å². The van der Waals surface area contributed by atoms with E-state index in [0.29, 0.717) is 18.7 Å². The highest BCUT2D eigenvalue weighted by molar-refractivity contribution is 6.36. The van der Waals surface area contributed by atoms with Gasteiger partial charge in [-0.15, -0.1) is 0 Å². The predicted octanol–water partition coefficient (Wildman–Crippen LogP) is 4.12. The van der Waals surface area contributed by atoms with Crippen molar-refractivity contribution in [3.63, 3.8) is 0 Å². The number of benzene rings is 1. The molecule has 0 saturated carbocycles. The van der Waals surface area contributed by atoms with E-state index in [1.165, 1.54) is 12.0 Å². The number of piperazine rings is 1. The third-order valence-corrected chi connectivity index (χ3v) is 6.41. The van der Waals surface area contributed by atoms with E-state index >= 15 is 0 Å². The minimum Gasteiger partial charge on any atom is -0.353 e. The van der Waals surface area contributed by atoms with Gasteiger partial charge < -0.3 is 9.80 Å². The molecule has 1 amide bonds.